The molecule has 0 aromatic heterocycles. The molecule has 0 amide bonds. The molecule has 7 heteroatoms. The van der Waals surface area contributed by atoms with Crippen molar-refractivity contribution in [2.75, 3.05) is 0 Å². The average molecular weight is 338 g/mol. The standard InChI is InChI=1S/Na.3H2O.O.2Sb.4H/h;3*1H2;;;;;;;/q+1;;;;;;+3;;;;-1/p-3. The Hall–Kier alpha value is 2.32. The van der Waals surface area contributed by atoms with Gasteiger partial charge in [-0.2, -0.15) is 0 Å². The SMILES string of the molecule is [H-].[Na+].[O]=[Sb]([OH])([OH])[OH].[SbH3]. The van der Waals surface area contributed by atoms with Crippen molar-refractivity contribution in [3.63, 3.8) is 0 Å². The summed E-state index contributed by atoms with van der Waals surface area (Å²) in [5.41, 5.74) is 0. The number of hydrogen-bond acceptors (Lipinski definition) is 1. The first-order valence-electron chi connectivity index (χ1n) is 0.783. The molecule has 3 N–H and O–H groups in total. The molecule has 0 aromatic rings. The van der Waals surface area contributed by atoms with E-state index in [1.807, 2.05) is 0 Å². The Morgan fingerprint density at radius 3 is 1.29 bits per heavy atom. The summed E-state index contributed by atoms with van der Waals surface area (Å²) in [6.45, 7) is 0. The van der Waals surface area contributed by atoms with E-state index >= 15 is 0 Å². The third kappa shape index (κ3) is 61.8. The fourth-order valence-electron chi connectivity index (χ4n) is 0. The predicted octanol–water partition coefficient (Wildman–Crippen LogP) is -6.24. The summed E-state index contributed by atoms with van der Waals surface area (Å²) < 4.78 is 30.8. The molecule has 0 aliphatic rings. The normalized spacial score (nSPS) is 8.43. The average Bonchev–Trinajstić information content (AvgIpc) is 0.722. The molecule has 0 atom stereocenters. The minimum atomic E-state index is -5.35. The Morgan fingerprint density at radius 1 is 1.29 bits per heavy atom. The van der Waals surface area contributed by atoms with Gasteiger partial charge in [-0.25, -0.2) is 0 Å². The van der Waals surface area contributed by atoms with Gasteiger partial charge in [0.1, 0.15) is 0 Å². The molecule has 4 nitrogen and oxygen atoms in total. The molecule has 0 spiro atoms. The van der Waals surface area contributed by atoms with Gasteiger partial charge in [-0.05, 0) is 0 Å². The van der Waals surface area contributed by atoms with Crippen LogP contribution >= 0.6 is 0 Å². The van der Waals surface area contributed by atoms with Gasteiger partial charge in [-0.15, -0.1) is 0 Å². The van der Waals surface area contributed by atoms with Crippen LogP contribution in [-0.2, 0) is 3.02 Å². The van der Waals surface area contributed by atoms with E-state index in [1.165, 1.54) is 0 Å². The fourth-order valence-corrected chi connectivity index (χ4v) is 0. The summed E-state index contributed by atoms with van der Waals surface area (Å²) >= 11 is -5.35. The van der Waals surface area contributed by atoms with Crippen molar-refractivity contribution in [2.24, 2.45) is 0 Å². The molecule has 0 radical (unpaired) electrons. The summed E-state index contributed by atoms with van der Waals surface area (Å²) in [4.78, 5) is 0. The van der Waals surface area contributed by atoms with Gasteiger partial charge in [-0.3, -0.25) is 0 Å². The Balaban J connectivity index is -0.0000000267. The van der Waals surface area contributed by atoms with Gasteiger partial charge >= 0.3 is 87.2 Å². The van der Waals surface area contributed by atoms with Gasteiger partial charge < -0.3 is 1.43 Å². The van der Waals surface area contributed by atoms with Gasteiger partial charge in [0.15, 0.2) is 0 Å². The Bertz CT molecular complexity index is 60.2. The third-order valence-electron chi connectivity index (χ3n) is 0. The summed E-state index contributed by atoms with van der Waals surface area (Å²) in [6, 6.07) is 0. The van der Waals surface area contributed by atoms with Crippen LogP contribution in [0.3, 0.4) is 0 Å². The Labute approximate surface area is 87.2 Å². The van der Waals surface area contributed by atoms with Crippen molar-refractivity contribution < 1.29 is 44.2 Å². The van der Waals surface area contributed by atoms with Crippen molar-refractivity contribution in [1.82, 2.24) is 0 Å². The zero-order valence-electron chi connectivity index (χ0n) is 4.90. The molecule has 0 aliphatic heterocycles. The molecule has 0 aromatic carbocycles. The maximum absolute atomic E-state index is 8.97. The Kier molecular flexibility index (Phi) is 14.9. The van der Waals surface area contributed by atoms with E-state index < -0.39 is 20.1 Å². The monoisotopic (exact) mass is 336 g/mol. The Morgan fingerprint density at radius 2 is 1.29 bits per heavy atom. The molecule has 0 fully saturated rings. The molecular weight excluding hydrogens is 331 g/mol. The first kappa shape index (κ1) is 16.2. The van der Waals surface area contributed by atoms with Crippen LogP contribution in [0.15, 0.2) is 0 Å². The van der Waals surface area contributed by atoms with E-state index in [1.54, 1.807) is 0 Å². The molecule has 0 heterocycles. The quantitative estimate of drug-likeness (QED) is 0.385. The zero-order chi connectivity index (χ0) is 4.50. The van der Waals surface area contributed by atoms with Crippen molar-refractivity contribution in [3.05, 3.63) is 0 Å². The first-order valence-corrected chi connectivity index (χ1v) is 5.25. The van der Waals surface area contributed by atoms with E-state index in [9.17, 15) is 0 Å². The molecule has 0 unspecified atom stereocenters. The van der Waals surface area contributed by atoms with E-state index in [4.69, 9.17) is 13.2 Å². The van der Waals surface area contributed by atoms with Gasteiger partial charge in [0, 0.05) is 0 Å². The van der Waals surface area contributed by atoms with Crippen LogP contribution in [0.2, 0.25) is 0 Å². The molecular formula is H7NaO4Sb2. The summed E-state index contributed by atoms with van der Waals surface area (Å²) in [5.74, 6) is 0. The van der Waals surface area contributed by atoms with Gasteiger partial charge in [-0.1, -0.05) is 0 Å². The molecule has 0 bridgehead atoms. The van der Waals surface area contributed by atoms with E-state index in [-0.39, 0.29) is 55.4 Å². The van der Waals surface area contributed by atoms with Gasteiger partial charge in [0.05, 0.1) is 0 Å². The van der Waals surface area contributed by atoms with E-state index in [0.29, 0.717) is 0 Å². The molecule has 0 aliphatic carbocycles. The second-order valence-electron chi connectivity index (χ2n) is 0.513. The summed E-state index contributed by atoms with van der Waals surface area (Å²) in [5, 5.41) is 0. The summed E-state index contributed by atoms with van der Waals surface area (Å²) in [6.07, 6.45) is 0. The van der Waals surface area contributed by atoms with Crippen molar-refractivity contribution >= 4 is 44.5 Å². The predicted molar refractivity (Wildman–Crippen MR) is 24.1 cm³/mol. The number of rotatable bonds is 0. The molecule has 0 saturated carbocycles. The first-order chi connectivity index (χ1) is 2.00. The van der Waals surface area contributed by atoms with E-state index in [2.05, 4.69) is 0 Å². The van der Waals surface area contributed by atoms with Crippen LogP contribution in [0, 0.1) is 0 Å². The van der Waals surface area contributed by atoms with Crippen molar-refractivity contribution in [2.45, 2.75) is 0 Å². The van der Waals surface area contributed by atoms with Crippen LogP contribution in [0.5, 0.6) is 0 Å². The van der Waals surface area contributed by atoms with E-state index in [0.717, 1.165) is 0 Å². The number of hydrogen-bond donors (Lipinski definition) is 3. The minimum absolute atomic E-state index is 0. The van der Waals surface area contributed by atoms with Gasteiger partial charge in [0.25, 0.3) is 0 Å². The fraction of sp³-hybridized carbons (Fsp3) is 0. The molecule has 7 heavy (non-hydrogen) atoms. The van der Waals surface area contributed by atoms with Crippen molar-refractivity contribution in [3.8, 4) is 0 Å². The molecule has 42 valence electrons. The van der Waals surface area contributed by atoms with Crippen LogP contribution in [-0.4, -0.2) is 54.6 Å². The second kappa shape index (κ2) is 6.44. The van der Waals surface area contributed by atoms with Crippen LogP contribution < -0.4 is 29.6 Å². The molecule has 0 saturated heterocycles. The third-order valence-corrected chi connectivity index (χ3v) is 0. The zero-order valence-corrected chi connectivity index (χ0v) is 12.5. The maximum atomic E-state index is 8.97. The van der Waals surface area contributed by atoms with Crippen LogP contribution in [0.4, 0.5) is 0 Å². The topological polar surface area (TPSA) is 77.8 Å². The molecule has 0 rings (SSSR count). The second-order valence-corrected chi connectivity index (χ2v) is 3.44. The summed E-state index contributed by atoms with van der Waals surface area (Å²) in [7, 11) is 0. The van der Waals surface area contributed by atoms with Crippen LogP contribution in [0.25, 0.3) is 0 Å². The van der Waals surface area contributed by atoms with Crippen molar-refractivity contribution in [1.29, 1.82) is 0 Å². The van der Waals surface area contributed by atoms with Crippen LogP contribution in [0.1, 0.15) is 1.43 Å². The van der Waals surface area contributed by atoms with Gasteiger partial charge in [0.2, 0.25) is 0 Å².